The highest BCUT2D eigenvalue weighted by Crippen LogP contribution is 2.24. The Morgan fingerprint density at radius 2 is 1.96 bits per heavy atom. The summed E-state index contributed by atoms with van der Waals surface area (Å²) in [5, 5.41) is 12.8. The lowest BCUT2D eigenvalue weighted by Gasteiger charge is -2.32. The van der Waals surface area contributed by atoms with Gasteiger partial charge in [-0.3, -0.25) is 9.59 Å². The van der Waals surface area contributed by atoms with Crippen LogP contribution in [0.25, 0.3) is 0 Å². The lowest BCUT2D eigenvalue weighted by atomic mass is 9.86. The third-order valence-electron chi connectivity index (χ3n) is 4.75. The van der Waals surface area contributed by atoms with Gasteiger partial charge in [-0.25, -0.2) is 0 Å². The van der Waals surface area contributed by atoms with Crippen molar-refractivity contribution in [3.05, 3.63) is 35.4 Å². The first-order valence-electron chi connectivity index (χ1n) is 9.17. The van der Waals surface area contributed by atoms with Crippen LogP contribution in [-0.2, 0) is 16.1 Å². The second-order valence-electron chi connectivity index (χ2n) is 8.03. The molecule has 4 N–H and O–H groups in total. The van der Waals surface area contributed by atoms with Crippen molar-refractivity contribution >= 4 is 11.8 Å². The van der Waals surface area contributed by atoms with Crippen LogP contribution < -0.4 is 11.1 Å². The molecule has 1 aromatic rings. The number of likely N-dealkylation sites (tertiary alicyclic amines) is 1. The number of aliphatic hydroxyl groups is 1. The van der Waals surface area contributed by atoms with Crippen molar-refractivity contribution in [3.63, 3.8) is 0 Å². The average molecular weight is 371 g/mol. The first-order valence-corrected chi connectivity index (χ1v) is 9.17. The Bertz CT molecular complexity index is 741. The third kappa shape index (κ3) is 5.31. The molecule has 0 radical (unpaired) electrons. The number of rotatable bonds is 4. The van der Waals surface area contributed by atoms with E-state index in [4.69, 9.17) is 5.73 Å². The normalized spacial score (nSPS) is 20.6. The molecule has 0 bridgehead atoms. The van der Waals surface area contributed by atoms with Crippen LogP contribution >= 0.6 is 0 Å². The molecule has 0 aromatic heterocycles. The molecule has 3 atom stereocenters. The summed E-state index contributed by atoms with van der Waals surface area (Å²) in [4.78, 5) is 26.8. The van der Waals surface area contributed by atoms with E-state index in [1.165, 1.54) is 4.90 Å². The molecule has 1 saturated heterocycles. The van der Waals surface area contributed by atoms with Gasteiger partial charge in [-0.15, -0.1) is 5.92 Å². The van der Waals surface area contributed by atoms with Gasteiger partial charge < -0.3 is 21.1 Å². The average Bonchev–Trinajstić information content (AvgIpc) is 3.01. The zero-order valence-corrected chi connectivity index (χ0v) is 16.5. The summed E-state index contributed by atoms with van der Waals surface area (Å²) in [6.45, 7) is 7.89. The number of carbonyl (C=O) groups is 2. The topological polar surface area (TPSA) is 95.7 Å². The van der Waals surface area contributed by atoms with Crippen LogP contribution in [0.5, 0.6) is 0 Å². The van der Waals surface area contributed by atoms with E-state index in [0.29, 0.717) is 6.54 Å². The molecule has 1 aromatic carbocycles. The zero-order valence-electron chi connectivity index (χ0n) is 16.5. The Hall–Kier alpha value is -2.36. The summed E-state index contributed by atoms with van der Waals surface area (Å²) in [5.74, 6) is 5.22. The molecule has 1 fully saturated rings. The predicted octanol–water partition coefficient (Wildman–Crippen LogP) is 1.01. The SMILES string of the molecule is CC#Cc1ccc(CNC(=O)[C@@H]2C[C@@H](O)CN2C(=O)[C@@H](N)C(C)(C)C)cc1. The van der Waals surface area contributed by atoms with E-state index in [9.17, 15) is 14.7 Å². The monoisotopic (exact) mass is 371 g/mol. The van der Waals surface area contributed by atoms with E-state index in [-0.39, 0.29) is 24.8 Å². The maximum atomic E-state index is 12.7. The van der Waals surface area contributed by atoms with Crippen LogP contribution in [0.2, 0.25) is 0 Å². The Balaban J connectivity index is 2.02. The maximum absolute atomic E-state index is 12.7. The highest BCUT2D eigenvalue weighted by Gasteiger charge is 2.42. The van der Waals surface area contributed by atoms with Crippen molar-refractivity contribution in [3.8, 4) is 11.8 Å². The Morgan fingerprint density at radius 3 is 2.52 bits per heavy atom. The molecule has 1 aliphatic heterocycles. The van der Waals surface area contributed by atoms with Crippen LogP contribution in [0, 0.1) is 17.3 Å². The Kier molecular flexibility index (Phi) is 6.63. The third-order valence-corrected chi connectivity index (χ3v) is 4.75. The van der Waals surface area contributed by atoms with Gasteiger partial charge in [0.25, 0.3) is 0 Å². The number of benzene rings is 1. The number of nitrogens with two attached hydrogens (primary N) is 1. The molecule has 0 aliphatic carbocycles. The molecule has 27 heavy (non-hydrogen) atoms. The highest BCUT2D eigenvalue weighted by molar-refractivity contribution is 5.90. The minimum atomic E-state index is -0.731. The van der Waals surface area contributed by atoms with Crippen molar-refractivity contribution in [1.29, 1.82) is 0 Å². The summed E-state index contributed by atoms with van der Waals surface area (Å²) in [6, 6.07) is 6.17. The predicted molar refractivity (Wildman–Crippen MR) is 104 cm³/mol. The number of β-amino-alcohol motifs (C(OH)–C–C–N with tert-alkyl or cyclic N) is 1. The molecule has 0 spiro atoms. The number of nitrogens with one attached hydrogen (secondary N) is 1. The minimum Gasteiger partial charge on any atom is -0.391 e. The van der Waals surface area contributed by atoms with E-state index in [0.717, 1.165) is 11.1 Å². The smallest absolute Gasteiger partial charge is 0.243 e. The molecule has 0 saturated carbocycles. The van der Waals surface area contributed by atoms with Crippen molar-refractivity contribution in [1.82, 2.24) is 10.2 Å². The lowest BCUT2D eigenvalue weighted by molar-refractivity contribution is -0.141. The fraction of sp³-hybridized carbons (Fsp3) is 0.524. The molecular formula is C21H29N3O3. The summed E-state index contributed by atoms with van der Waals surface area (Å²) in [7, 11) is 0. The number of hydrogen-bond acceptors (Lipinski definition) is 4. The van der Waals surface area contributed by atoms with Crippen LogP contribution in [0.3, 0.4) is 0 Å². The summed E-state index contributed by atoms with van der Waals surface area (Å²) in [6.07, 6.45) is -0.497. The van der Waals surface area contributed by atoms with Crippen LogP contribution in [-0.4, -0.2) is 46.6 Å². The first kappa shape index (κ1) is 20.9. The van der Waals surface area contributed by atoms with E-state index in [1.54, 1.807) is 6.92 Å². The molecule has 1 aliphatic rings. The number of amides is 2. The quantitative estimate of drug-likeness (QED) is 0.689. The van der Waals surface area contributed by atoms with E-state index < -0.39 is 23.6 Å². The van der Waals surface area contributed by atoms with Gasteiger partial charge in [0, 0.05) is 25.1 Å². The van der Waals surface area contributed by atoms with Gasteiger partial charge in [0.1, 0.15) is 6.04 Å². The maximum Gasteiger partial charge on any atom is 0.243 e. The van der Waals surface area contributed by atoms with E-state index in [1.807, 2.05) is 45.0 Å². The Labute approximate surface area is 161 Å². The highest BCUT2D eigenvalue weighted by atomic mass is 16.3. The van der Waals surface area contributed by atoms with Crippen molar-refractivity contribution in [2.24, 2.45) is 11.1 Å². The van der Waals surface area contributed by atoms with Gasteiger partial charge in [0.05, 0.1) is 12.1 Å². The molecule has 146 valence electrons. The standard InChI is InChI=1S/C21H29N3O3/c1-5-6-14-7-9-15(10-8-14)12-23-19(26)17-11-16(25)13-24(17)20(27)18(22)21(2,3)4/h7-10,16-18,25H,11-13,22H2,1-4H3,(H,23,26)/t16-,17+,18-/m1/s1. The van der Waals surface area contributed by atoms with Crippen LogP contribution in [0.4, 0.5) is 0 Å². The van der Waals surface area contributed by atoms with Crippen LogP contribution in [0.1, 0.15) is 45.2 Å². The molecular weight excluding hydrogens is 342 g/mol. The first-order chi connectivity index (χ1) is 12.6. The van der Waals surface area contributed by atoms with Crippen molar-refractivity contribution < 1.29 is 14.7 Å². The fourth-order valence-corrected chi connectivity index (χ4v) is 3.01. The lowest BCUT2D eigenvalue weighted by Crippen LogP contribution is -2.54. The van der Waals surface area contributed by atoms with Gasteiger partial charge in [0.2, 0.25) is 11.8 Å². The molecule has 0 unspecified atom stereocenters. The number of aliphatic hydroxyl groups excluding tert-OH is 1. The molecule has 2 amide bonds. The second-order valence-corrected chi connectivity index (χ2v) is 8.03. The van der Waals surface area contributed by atoms with E-state index >= 15 is 0 Å². The summed E-state index contributed by atoms with van der Waals surface area (Å²) < 4.78 is 0. The van der Waals surface area contributed by atoms with E-state index in [2.05, 4.69) is 17.2 Å². The molecule has 1 heterocycles. The van der Waals surface area contributed by atoms with Crippen molar-refractivity contribution in [2.75, 3.05) is 6.54 Å². The number of hydrogen-bond donors (Lipinski definition) is 3. The van der Waals surface area contributed by atoms with Gasteiger partial charge >= 0.3 is 0 Å². The zero-order chi connectivity index (χ0) is 20.2. The van der Waals surface area contributed by atoms with Gasteiger partial charge in [-0.05, 0) is 30.0 Å². The van der Waals surface area contributed by atoms with Gasteiger partial charge in [-0.2, -0.15) is 0 Å². The second kappa shape index (κ2) is 8.55. The molecule has 2 rings (SSSR count). The largest absolute Gasteiger partial charge is 0.391 e. The number of nitrogens with zero attached hydrogens (tertiary/aromatic N) is 1. The minimum absolute atomic E-state index is 0.130. The Morgan fingerprint density at radius 1 is 1.33 bits per heavy atom. The molecule has 6 nitrogen and oxygen atoms in total. The number of carbonyl (C=O) groups excluding carboxylic acids is 2. The summed E-state index contributed by atoms with van der Waals surface area (Å²) >= 11 is 0. The van der Waals surface area contributed by atoms with Crippen LogP contribution in [0.15, 0.2) is 24.3 Å². The van der Waals surface area contributed by atoms with Gasteiger partial charge in [-0.1, -0.05) is 38.8 Å². The molecule has 6 heteroatoms. The fourth-order valence-electron chi connectivity index (χ4n) is 3.01. The van der Waals surface area contributed by atoms with Gasteiger partial charge in [0.15, 0.2) is 0 Å². The summed E-state index contributed by atoms with van der Waals surface area (Å²) in [5.41, 5.74) is 7.50. The van der Waals surface area contributed by atoms with Crippen molar-refractivity contribution in [2.45, 2.75) is 58.8 Å².